The molecule has 1 aromatic heterocycles. The highest BCUT2D eigenvalue weighted by atomic mass is 16.5. The molecule has 0 saturated heterocycles. The molecular weight excluding hydrogens is 390 g/mol. The highest BCUT2D eigenvalue weighted by Gasteiger charge is 2.15. The summed E-state index contributed by atoms with van der Waals surface area (Å²) in [5, 5.41) is 8.92. The average molecular weight is 415 g/mol. The van der Waals surface area contributed by atoms with Crippen molar-refractivity contribution in [3.05, 3.63) is 89.2 Å². The number of hydrogen-bond acceptors (Lipinski definition) is 4. The number of carbonyl (C=O) groups is 1. The van der Waals surface area contributed by atoms with Gasteiger partial charge in [0.1, 0.15) is 5.82 Å². The highest BCUT2D eigenvalue weighted by Crippen LogP contribution is 2.29. The molecule has 31 heavy (non-hydrogen) atoms. The Morgan fingerprint density at radius 3 is 2.65 bits per heavy atom. The minimum atomic E-state index is -0.530. The van der Waals surface area contributed by atoms with Crippen molar-refractivity contribution in [2.75, 3.05) is 13.7 Å². The van der Waals surface area contributed by atoms with E-state index in [1.807, 2.05) is 24.3 Å². The summed E-state index contributed by atoms with van der Waals surface area (Å²) >= 11 is 0. The zero-order chi connectivity index (χ0) is 21.8. The summed E-state index contributed by atoms with van der Waals surface area (Å²) in [5.74, 6) is 0.371. The monoisotopic (exact) mass is 415 g/mol. The van der Waals surface area contributed by atoms with Crippen molar-refractivity contribution in [1.82, 2.24) is 15.0 Å². The van der Waals surface area contributed by atoms with Crippen LogP contribution in [0, 0.1) is 6.92 Å². The number of methoxy groups -OCH3 is 1. The lowest BCUT2D eigenvalue weighted by Gasteiger charge is -2.11. The smallest absolute Gasteiger partial charge is 0.274 e. The van der Waals surface area contributed by atoms with Crippen LogP contribution in [0.25, 0.3) is 22.2 Å². The average Bonchev–Trinajstić information content (AvgIpc) is 3.12. The van der Waals surface area contributed by atoms with E-state index < -0.39 is 5.91 Å². The summed E-state index contributed by atoms with van der Waals surface area (Å²) in [7, 11) is 1.69. The third kappa shape index (κ3) is 4.35. The van der Waals surface area contributed by atoms with Gasteiger partial charge < -0.3 is 9.30 Å². The second kappa shape index (κ2) is 9.12. The number of nitrogens with zero attached hydrogens (tertiary/aromatic N) is 2. The number of amides is 1. The molecule has 0 spiro atoms. The Balaban J connectivity index is 1.79. The number of carbonyl (C=O) groups excluding carboxylic acids is 1. The van der Waals surface area contributed by atoms with Crippen LogP contribution in [0.2, 0.25) is 0 Å². The first-order valence-corrected chi connectivity index (χ1v) is 10.2. The number of hydroxylamine groups is 1. The molecule has 6 nitrogen and oxygen atoms in total. The largest absolute Gasteiger partial charge is 0.383 e. The molecule has 0 atom stereocenters. The lowest BCUT2D eigenvalue weighted by atomic mass is 10.00. The summed E-state index contributed by atoms with van der Waals surface area (Å²) in [5.41, 5.74) is 8.54. The van der Waals surface area contributed by atoms with Crippen LogP contribution >= 0.6 is 0 Å². The molecule has 0 bridgehead atoms. The van der Waals surface area contributed by atoms with E-state index in [1.54, 1.807) is 30.8 Å². The molecule has 2 N–H and O–H groups in total. The fourth-order valence-corrected chi connectivity index (χ4v) is 3.89. The van der Waals surface area contributed by atoms with E-state index in [0.717, 1.165) is 22.4 Å². The third-order valence-corrected chi connectivity index (χ3v) is 5.43. The molecule has 0 unspecified atom stereocenters. The zero-order valence-electron chi connectivity index (χ0n) is 17.6. The van der Waals surface area contributed by atoms with Gasteiger partial charge in [-0.25, -0.2) is 10.5 Å². The van der Waals surface area contributed by atoms with Crippen LogP contribution in [0.15, 0.2) is 66.7 Å². The van der Waals surface area contributed by atoms with Crippen LogP contribution in [-0.2, 0) is 17.7 Å². The van der Waals surface area contributed by atoms with Crippen LogP contribution in [0.4, 0.5) is 0 Å². The van der Waals surface area contributed by atoms with Crippen molar-refractivity contribution >= 4 is 16.9 Å². The number of aromatic nitrogens is 2. The first-order chi connectivity index (χ1) is 15.1. The molecule has 158 valence electrons. The van der Waals surface area contributed by atoms with Crippen molar-refractivity contribution in [1.29, 1.82) is 0 Å². The Hall–Kier alpha value is -3.48. The number of aryl methyl sites for hydroxylation is 1. The predicted molar refractivity (Wildman–Crippen MR) is 120 cm³/mol. The summed E-state index contributed by atoms with van der Waals surface area (Å²) < 4.78 is 7.53. The zero-order valence-corrected chi connectivity index (χ0v) is 17.6. The number of nitrogens with one attached hydrogen (secondary N) is 1. The first kappa shape index (κ1) is 20.8. The summed E-state index contributed by atoms with van der Waals surface area (Å²) in [6.45, 7) is 3.35. The van der Waals surface area contributed by atoms with Crippen molar-refractivity contribution in [3.63, 3.8) is 0 Å². The van der Waals surface area contributed by atoms with Gasteiger partial charge in [-0.1, -0.05) is 42.5 Å². The second-order valence-corrected chi connectivity index (χ2v) is 7.51. The summed E-state index contributed by atoms with van der Waals surface area (Å²) in [6.07, 6.45) is 0.560. The fraction of sp³-hybridized carbons (Fsp3) is 0.200. The van der Waals surface area contributed by atoms with Gasteiger partial charge in [-0.05, 0) is 53.4 Å². The van der Waals surface area contributed by atoms with Crippen molar-refractivity contribution in [3.8, 4) is 11.1 Å². The standard InChI is InChI=1S/C25H25N3O3/c1-17-13-22-23(16-21(17)19-8-4-3-5-9-19)28(11-12-31-2)24(26-22)15-18-7-6-10-20(14-18)25(29)27-30/h3-10,13-14,16,30H,11-12,15H2,1-2H3,(H,27,29). The maximum atomic E-state index is 11.8. The summed E-state index contributed by atoms with van der Waals surface area (Å²) in [4.78, 5) is 16.7. The van der Waals surface area contributed by atoms with Gasteiger partial charge in [0, 0.05) is 25.6 Å². The highest BCUT2D eigenvalue weighted by molar-refractivity contribution is 5.93. The number of ether oxygens (including phenoxy) is 1. The second-order valence-electron chi connectivity index (χ2n) is 7.51. The number of hydrogen-bond donors (Lipinski definition) is 2. The van der Waals surface area contributed by atoms with E-state index in [4.69, 9.17) is 14.9 Å². The Kier molecular flexibility index (Phi) is 6.11. The van der Waals surface area contributed by atoms with Gasteiger partial charge in [-0.3, -0.25) is 10.0 Å². The van der Waals surface area contributed by atoms with E-state index in [2.05, 4.69) is 35.8 Å². The van der Waals surface area contributed by atoms with Crippen LogP contribution < -0.4 is 5.48 Å². The molecule has 1 heterocycles. The Morgan fingerprint density at radius 1 is 1.10 bits per heavy atom. The molecule has 6 heteroatoms. The number of benzene rings is 3. The molecule has 1 amide bonds. The maximum absolute atomic E-state index is 11.8. The minimum absolute atomic E-state index is 0.404. The predicted octanol–water partition coefficient (Wildman–Crippen LogP) is 4.37. The van der Waals surface area contributed by atoms with E-state index >= 15 is 0 Å². The fourth-order valence-electron chi connectivity index (χ4n) is 3.89. The van der Waals surface area contributed by atoms with E-state index in [-0.39, 0.29) is 0 Å². The topological polar surface area (TPSA) is 76.4 Å². The first-order valence-electron chi connectivity index (χ1n) is 10.2. The third-order valence-electron chi connectivity index (χ3n) is 5.43. The molecule has 4 aromatic rings. The number of imidazole rings is 1. The molecule has 3 aromatic carbocycles. The molecule has 4 rings (SSSR count). The lowest BCUT2D eigenvalue weighted by molar-refractivity contribution is 0.0706. The molecule has 0 aliphatic rings. The lowest BCUT2D eigenvalue weighted by Crippen LogP contribution is -2.18. The molecule has 0 radical (unpaired) electrons. The Labute approximate surface area is 181 Å². The quantitative estimate of drug-likeness (QED) is 0.347. The SMILES string of the molecule is COCCn1c(Cc2cccc(C(=O)NO)c2)nc2cc(C)c(-c3ccccc3)cc21. The van der Waals surface area contributed by atoms with Crippen LogP contribution in [0.5, 0.6) is 0 Å². The van der Waals surface area contributed by atoms with E-state index in [9.17, 15) is 4.79 Å². The summed E-state index contributed by atoms with van der Waals surface area (Å²) in [6, 6.07) is 21.8. The van der Waals surface area contributed by atoms with Gasteiger partial charge in [0.15, 0.2) is 0 Å². The normalized spacial score (nSPS) is 11.1. The Bertz CT molecular complexity index is 1220. The van der Waals surface area contributed by atoms with Crippen LogP contribution in [0.3, 0.4) is 0 Å². The number of fused-ring (bicyclic) bond motifs is 1. The van der Waals surface area contributed by atoms with Gasteiger partial charge >= 0.3 is 0 Å². The van der Waals surface area contributed by atoms with Crippen molar-refractivity contribution < 1.29 is 14.7 Å². The Morgan fingerprint density at radius 2 is 1.90 bits per heavy atom. The molecule has 0 aliphatic carbocycles. The van der Waals surface area contributed by atoms with Crippen molar-refractivity contribution in [2.24, 2.45) is 0 Å². The van der Waals surface area contributed by atoms with Crippen LogP contribution in [-0.4, -0.2) is 34.4 Å². The van der Waals surface area contributed by atoms with Gasteiger partial charge in [0.2, 0.25) is 0 Å². The molecule has 0 saturated carbocycles. The van der Waals surface area contributed by atoms with E-state index in [1.165, 1.54) is 16.7 Å². The van der Waals surface area contributed by atoms with Crippen LogP contribution in [0.1, 0.15) is 27.3 Å². The van der Waals surface area contributed by atoms with Gasteiger partial charge in [-0.15, -0.1) is 0 Å². The van der Waals surface area contributed by atoms with Gasteiger partial charge in [0.25, 0.3) is 5.91 Å². The van der Waals surface area contributed by atoms with Crippen molar-refractivity contribution in [2.45, 2.75) is 19.9 Å². The molecule has 0 aliphatic heterocycles. The van der Waals surface area contributed by atoms with Gasteiger partial charge in [0.05, 0.1) is 17.6 Å². The maximum Gasteiger partial charge on any atom is 0.274 e. The molecular formula is C25H25N3O3. The van der Waals surface area contributed by atoms with E-state index in [0.29, 0.717) is 25.1 Å². The van der Waals surface area contributed by atoms with Gasteiger partial charge in [-0.2, -0.15) is 0 Å². The molecule has 0 fully saturated rings. The number of rotatable bonds is 7. The minimum Gasteiger partial charge on any atom is -0.383 e.